The molecule has 1 saturated heterocycles. The highest BCUT2D eigenvalue weighted by atomic mass is 16.5. The SMILES string of the molecule is COCCCN1CCNCC1C(=O)O. The van der Waals surface area contributed by atoms with Gasteiger partial charge in [-0.1, -0.05) is 0 Å². The second-order valence-corrected chi connectivity index (χ2v) is 3.44. The summed E-state index contributed by atoms with van der Waals surface area (Å²) in [5.41, 5.74) is 0. The van der Waals surface area contributed by atoms with Gasteiger partial charge in [-0.25, -0.2) is 0 Å². The molecule has 0 saturated carbocycles. The standard InChI is InChI=1S/C9H18N2O3/c1-14-6-2-4-11-5-3-10-7-8(11)9(12)13/h8,10H,2-7H2,1H3,(H,12,13). The molecular weight excluding hydrogens is 184 g/mol. The molecule has 1 atom stereocenters. The molecule has 1 unspecified atom stereocenters. The van der Waals surface area contributed by atoms with E-state index in [0.29, 0.717) is 13.2 Å². The average Bonchev–Trinajstić information content (AvgIpc) is 2.19. The van der Waals surface area contributed by atoms with Crippen LogP contribution in [0.15, 0.2) is 0 Å². The van der Waals surface area contributed by atoms with Crippen LogP contribution < -0.4 is 5.32 Å². The third kappa shape index (κ3) is 3.25. The fourth-order valence-electron chi connectivity index (χ4n) is 1.67. The summed E-state index contributed by atoms with van der Waals surface area (Å²) in [4.78, 5) is 12.9. The highest BCUT2D eigenvalue weighted by molar-refractivity contribution is 5.73. The van der Waals surface area contributed by atoms with Gasteiger partial charge in [0.15, 0.2) is 0 Å². The molecular formula is C9H18N2O3. The van der Waals surface area contributed by atoms with Crippen LogP contribution in [0.5, 0.6) is 0 Å². The molecule has 0 aromatic rings. The number of carboxylic acids is 1. The fourth-order valence-corrected chi connectivity index (χ4v) is 1.67. The number of carboxylic acid groups (broad SMARTS) is 1. The van der Waals surface area contributed by atoms with E-state index in [1.807, 2.05) is 4.90 Å². The van der Waals surface area contributed by atoms with Gasteiger partial charge >= 0.3 is 5.97 Å². The van der Waals surface area contributed by atoms with Crippen LogP contribution in [0.25, 0.3) is 0 Å². The summed E-state index contributed by atoms with van der Waals surface area (Å²) >= 11 is 0. The highest BCUT2D eigenvalue weighted by Gasteiger charge is 2.27. The van der Waals surface area contributed by atoms with Crippen LogP contribution in [-0.4, -0.2) is 61.9 Å². The molecule has 1 heterocycles. The van der Waals surface area contributed by atoms with Crippen molar-refractivity contribution in [1.29, 1.82) is 0 Å². The molecule has 2 N–H and O–H groups in total. The van der Waals surface area contributed by atoms with E-state index >= 15 is 0 Å². The van der Waals surface area contributed by atoms with Gasteiger partial charge in [-0.15, -0.1) is 0 Å². The Hall–Kier alpha value is -0.650. The lowest BCUT2D eigenvalue weighted by Gasteiger charge is -2.33. The predicted molar refractivity (Wildman–Crippen MR) is 52.4 cm³/mol. The van der Waals surface area contributed by atoms with Gasteiger partial charge in [0.1, 0.15) is 6.04 Å². The van der Waals surface area contributed by atoms with Crippen molar-refractivity contribution in [2.45, 2.75) is 12.5 Å². The zero-order valence-corrected chi connectivity index (χ0v) is 8.53. The lowest BCUT2D eigenvalue weighted by Crippen LogP contribution is -2.55. The molecule has 1 aliphatic heterocycles. The van der Waals surface area contributed by atoms with Crippen molar-refractivity contribution >= 4 is 5.97 Å². The third-order valence-corrected chi connectivity index (χ3v) is 2.43. The molecule has 1 aliphatic rings. The van der Waals surface area contributed by atoms with E-state index in [0.717, 1.165) is 26.1 Å². The second kappa shape index (κ2) is 5.95. The zero-order valence-electron chi connectivity index (χ0n) is 8.53. The molecule has 82 valence electrons. The number of hydrogen-bond donors (Lipinski definition) is 2. The number of ether oxygens (including phenoxy) is 1. The van der Waals surface area contributed by atoms with Crippen molar-refractivity contribution in [1.82, 2.24) is 10.2 Å². The number of methoxy groups -OCH3 is 1. The molecule has 5 nitrogen and oxygen atoms in total. The van der Waals surface area contributed by atoms with Gasteiger partial charge in [-0.05, 0) is 6.42 Å². The Balaban J connectivity index is 2.34. The maximum Gasteiger partial charge on any atom is 0.322 e. The third-order valence-electron chi connectivity index (χ3n) is 2.43. The number of rotatable bonds is 5. The first-order chi connectivity index (χ1) is 6.75. The molecule has 5 heteroatoms. The van der Waals surface area contributed by atoms with E-state index in [4.69, 9.17) is 9.84 Å². The summed E-state index contributed by atoms with van der Waals surface area (Å²) in [5.74, 6) is -0.741. The van der Waals surface area contributed by atoms with Gasteiger partial charge in [0.05, 0.1) is 0 Å². The summed E-state index contributed by atoms with van der Waals surface area (Å²) in [6, 6.07) is -0.374. The van der Waals surface area contributed by atoms with Gasteiger partial charge in [0.2, 0.25) is 0 Å². The normalized spacial score (nSPS) is 23.6. The van der Waals surface area contributed by atoms with Crippen LogP contribution in [-0.2, 0) is 9.53 Å². The van der Waals surface area contributed by atoms with E-state index < -0.39 is 5.97 Å². The second-order valence-electron chi connectivity index (χ2n) is 3.44. The zero-order chi connectivity index (χ0) is 10.4. The Kier molecular flexibility index (Phi) is 4.86. The van der Waals surface area contributed by atoms with Crippen molar-refractivity contribution in [3.63, 3.8) is 0 Å². The molecule has 0 spiro atoms. The number of hydrogen-bond acceptors (Lipinski definition) is 4. The first-order valence-corrected chi connectivity index (χ1v) is 4.92. The Morgan fingerprint density at radius 2 is 2.50 bits per heavy atom. The number of piperazine rings is 1. The predicted octanol–water partition coefficient (Wildman–Crippen LogP) is -0.619. The van der Waals surface area contributed by atoms with Crippen molar-refractivity contribution in [2.75, 3.05) is 39.9 Å². The molecule has 0 aromatic carbocycles. The van der Waals surface area contributed by atoms with Gasteiger partial charge in [0.25, 0.3) is 0 Å². The lowest BCUT2D eigenvalue weighted by molar-refractivity contribution is -0.144. The van der Waals surface area contributed by atoms with Gasteiger partial charge in [-0.3, -0.25) is 9.69 Å². The minimum atomic E-state index is -0.741. The van der Waals surface area contributed by atoms with Crippen molar-refractivity contribution < 1.29 is 14.6 Å². The number of aliphatic carboxylic acids is 1. The van der Waals surface area contributed by atoms with Gasteiger partial charge < -0.3 is 15.2 Å². The van der Waals surface area contributed by atoms with Crippen molar-refractivity contribution in [2.24, 2.45) is 0 Å². The van der Waals surface area contributed by atoms with Crippen LogP contribution in [0.2, 0.25) is 0 Å². The Bertz CT molecular complexity index is 187. The summed E-state index contributed by atoms with van der Waals surface area (Å²) in [5, 5.41) is 12.0. The van der Waals surface area contributed by atoms with Crippen molar-refractivity contribution in [3.8, 4) is 0 Å². The van der Waals surface area contributed by atoms with E-state index in [1.165, 1.54) is 0 Å². The minimum Gasteiger partial charge on any atom is -0.480 e. The smallest absolute Gasteiger partial charge is 0.322 e. The van der Waals surface area contributed by atoms with Crippen LogP contribution in [0.4, 0.5) is 0 Å². The van der Waals surface area contributed by atoms with Gasteiger partial charge in [0, 0.05) is 39.9 Å². The maximum atomic E-state index is 10.9. The molecule has 0 radical (unpaired) electrons. The maximum absolute atomic E-state index is 10.9. The van der Waals surface area contributed by atoms with Crippen molar-refractivity contribution in [3.05, 3.63) is 0 Å². The molecule has 1 rings (SSSR count). The quantitative estimate of drug-likeness (QED) is 0.582. The van der Waals surface area contributed by atoms with Crippen LogP contribution in [0.1, 0.15) is 6.42 Å². The first-order valence-electron chi connectivity index (χ1n) is 4.92. The van der Waals surface area contributed by atoms with E-state index in [2.05, 4.69) is 5.32 Å². The molecule has 1 fully saturated rings. The fraction of sp³-hybridized carbons (Fsp3) is 0.889. The largest absolute Gasteiger partial charge is 0.480 e. The Labute approximate surface area is 84.0 Å². The lowest BCUT2D eigenvalue weighted by atomic mass is 10.2. The molecule has 0 aromatic heterocycles. The molecule has 0 amide bonds. The molecule has 0 aliphatic carbocycles. The highest BCUT2D eigenvalue weighted by Crippen LogP contribution is 2.04. The van der Waals surface area contributed by atoms with Crippen LogP contribution in [0, 0.1) is 0 Å². The van der Waals surface area contributed by atoms with Gasteiger partial charge in [-0.2, -0.15) is 0 Å². The average molecular weight is 202 g/mol. The Morgan fingerprint density at radius 3 is 3.14 bits per heavy atom. The number of nitrogens with one attached hydrogen (secondary N) is 1. The van der Waals surface area contributed by atoms with Crippen LogP contribution in [0.3, 0.4) is 0 Å². The van der Waals surface area contributed by atoms with E-state index in [1.54, 1.807) is 7.11 Å². The van der Waals surface area contributed by atoms with Crippen LogP contribution >= 0.6 is 0 Å². The summed E-state index contributed by atoms with van der Waals surface area (Å²) in [6.45, 7) is 3.71. The number of carbonyl (C=O) groups is 1. The number of nitrogens with zero attached hydrogens (tertiary/aromatic N) is 1. The minimum absolute atomic E-state index is 0.374. The first kappa shape index (κ1) is 11.4. The summed E-state index contributed by atoms with van der Waals surface area (Å²) in [7, 11) is 1.66. The van der Waals surface area contributed by atoms with E-state index in [9.17, 15) is 4.79 Å². The summed E-state index contributed by atoms with van der Waals surface area (Å²) in [6.07, 6.45) is 0.889. The summed E-state index contributed by atoms with van der Waals surface area (Å²) < 4.78 is 4.94. The molecule has 0 bridgehead atoms. The Morgan fingerprint density at radius 1 is 1.71 bits per heavy atom. The topological polar surface area (TPSA) is 61.8 Å². The monoisotopic (exact) mass is 202 g/mol. The molecule has 14 heavy (non-hydrogen) atoms. The van der Waals surface area contributed by atoms with E-state index in [-0.39, 0.29) is 6.04 Å².